The minimum atomic E-state index is -0.0436. The van der Waals surface area contributed by atoms with Crippen LogP contribution in [0.25, 0.3) is 0 Å². The summed E-state index contributed by atoms with van der Waals surface area (Å²) in [5.74, 6) is 2.40. The average Bonchev–Trinajstić information content (AvgIpc) is 2.53. The second-order valence-corrected chi connectivity index (χ2v) is 6.67. The number of halogens is 1. The Bertz CT molecular complexity index is 635. The zero-order valence-electron chi connectivity index (χ0n) is 11.4. The van der Waals surface area contributed by atoms with Gasteiger partial charge in [-0.1, -0.05) is 18.2 Å². The van der Waals surface area contributed by atoms with Gasteiger partial charge in [-0.2, -0.15) is 0 Å². The predicted molar refractivity (Wildman–Crippen MR) is 89.2 cm³/mol. The lowest BCUT2D eigenvalue weighted by Crippen LogP contribution is -2.17. The van der Waals surface area contributed by atoms with Gasteiger partial charge in [0.2, 0.25) is 0 Å². The van der Waals surface area contributed by atoms with Crippen LogP contribution in [-0.2, 0) is 0 Å². The molecule has 2 aromatic carbocycles. The molecule has 1 heterocycles. The molecule has 1 atom stereocenters. The van der Waals surface area contributed by atoms with Crippen LogP contribution >= 0.6 is 27.7 Å². The standard InChI is InChI=1S/C16H16BrNO2S/c17-12-3-1-2-4-16(12)21-10-13(18)11-5-6-14-15(9-11)20-8-7-19-14/h1-6,9,13H,7-8,10,18H2. The van der Waals surface area contributed by atoms with E-state index in [1.165, 1.54) is 4.90 Å². The Morgan fingerprint density at radius 1 is 1.10 bits per heavy atom. The van der Waals surface area contributed by atoms with Gasteiger partial charge in [-0.3, -0.25) is 0 Å². The highest BCUT2D eigenvalue weighted by atomic mass is 79.9. The molecule has 0 amide bonds. The first kappa shape index (κ1) is 14.8. The summed E-state index contributed by atoms with van der Waals surface area (Å²) in [4.78, 5) is 1.20. The van der Waals surface area contributed by atoms with Crippen molar-refractivity contribution in [1.29, 1.82) is 0 Å². The van der Waals surface area contributed by atoms with Crippen molar-refractivity contribution >= 4 is 27.7 Å². The third-order valence-electron chi connectivity index (χ3n) is 3.25. The topological polar surface area (TPSA) is 44.5 Å². The molecule has 0 bridgehead atoms. The van der Waals surface area contributed by atoms with E-state index >= 15 is 0 Å². The molecule has 0 aliphatic carbocycles. The summed E-state index contributed by atoms with van der Waals surface area (Å²) in [5, 5.41) is 0. The van der Waals surface area contributed by atoms with Gasteiger partial charge in [-0.05, 0) is 45.8 Å². The zero-order valence-corrected chi connectivity index (χ0v) is 13.8. The molecule has 21 heavy (non-hydrogen) atoms. The Kier molecular flexibility index (Phi) is 4.73. The normalized spacial score (nSPS) is 14.8. The molecule has 3 rings (SSSR count). The summed E-state index contributed by atoms with van der Waals surface area (Å²) >= 11 is 5.30. The fourth-order valence-corrected chi connectivity index (χ4v) is 3.69. The van der Waals surface area contributed by atoms with Crippen molar-refractivity contribution in [2.45, 2.75) is 10.9 Å². The lowest BCUT2D eigenvalue weighted by Gasteiger charge is -2.20. The Morgan fingerprint density at radius 2 is 1.86 bits per heavy atom. The average molecular weight is 366 g/mol. The quantitative estimate of drug-likeness (QED) is 0.831. The number of fused-ring (bicyclic) bond motifs is 1. The van der Waals surface area contributed by atoms with Crippen molar-refractivity contribution in [3.63, 3.8) is 0 Å². The molecule has 0 saturated heterocycles. The van der Waals surface area contributed by atoms with Gasteiger partial charge in [0.1, 0.15) is 13.2 Å². The third kappa shape index (κ3) is 3.54. The van der Waals surface area contributed by atoms with Crippen LogP contribution in [0.1, 0.15) is 11.6 Å². The molecule has 110 valence electrons. The maximum absolute atomic E-state index is 6.29. The fraction of sp³-hybridized carbons (Fsp3) is 0.250. The monoisotopic (exact) mass is 365 g/mol. The van der Waals surface area contributed by atoms with E-state index in [-0.39, 0.29) is 6.04 Å². The SMILES string of the molecule is NC(CSc1ccccc1Br)c1ccc2c(c1)OCCO2. The summed E-state index contributed by atoms with van der Waals surface area (Å²) in [6, 6.07) is 14.1. The molecule has 0 fully saturated rings. The van der Waals surface area contributed by atoms with E-state index in [1.807, 2.05) is 36.4 Å². The van der Waals surface area contributed by atoms with Crippen LogP contribution in [0.3, 0.4) is 0 Å². The fourth-order valence-electron chi connectivity index (χ4n) is 2.13. The minimum Gasteiger partial charge on any atom is -0.486 e. The van der Waals surface area contributed by atoms with Crippen LogP contribution < -0.4 is 15.2 Å². The van der Waals surface area contributed by atoms with Crippen LogP contribution in [0.5, 0.6) is 11.5 Å². The lowest BCUT2D eigenvalue weighted by molar-refractivity contribution is 0.171. The van der Waals surface area contributed by atoms with Crippen molar-refractivity contribution in [3.8, 4) is 11.5 Å². The number of benzene rings is 2. The summed E-state index contributed by atoms with van der Waals surface area (Å²) < 4.78 is 12.2. The van der Waals surface area contributed by atoms with Crippen molar-refractivity contribution in [2.24, 2.45) is 5.73 Å². The van der Waals surface area contributed by atoms with Gasteiger partial charge in [0.15, 0.2) is 11.5 Å². The summed E-state index contributed by atoms with van der Waals surface area (Å²) in [5.41, 5.74) is 7.36. The van der Waals surface area contributed by atoms with E-state index < -0.39 is 0 Å². The number of nitrogens with two attached hydrogens (primary N) is 1. The van der Waals surface area contributed by atoms with Crippen LogP contribution in [-0.4, -0.2) is 19.0 Å². The molecule has 3 nitrogen and oxygen atoms in total. The van der Waals surface area contributed by atoms with E-state index in [4.69, 9.17) is 15.2 Å². The van der Waals surface area contributed by atoms with Crippen molar-refractivity contribution in [3.05, 3.63) is 52.5 Å². The van der Waals surface area contributed by atoms with E-state index in [0.29, 0.717) is 13.2 Å². The molecule has 5 heteroatoms. The first-order valence-electron chi connectivity index (χ1n) is 6.76. The Labute approximate surface area is 137 Å². The number of rotatable bonds is 4. The van der Waals surface area contributed by atoms with Crippen molar-refractivity contribution in [1.82, 2.24) is 0 Å². The molecular weight excluding hydrogens is 350 g/mol. The molecule has 2 N–H and O–H groups in total. The number of thioether (sulfide) groups is 1. The number of hydrogen-bond donors (Lipinski definition) is 1. The number of ether oxygens (including phenoxy) is 2. The highest BCUT2D eigenvalue weighted by molar-refractivity contribution is 9.10. The predicted octanol–water partition coefficient (Wildman–Crippen LogP) is 4.01. The molecule has 0 radical (unpaired) electrons. The summed E-state index contributed by atoms with van der Waals surface area (Å²) in [6.45, 7) is 1.20. The molecule has 0 spiro atoms. The van der Waals surface area contributed by atoms with Crippen molar-refractivity contribution < 1.29 is 9.47 Å². The molecule has 0 saturated carbocycles. The van der Waals surface area contributed by atoms with Gasteiger partial charge in [0, 0.05) is 21.2 Å². The summed E-state index contributed by atoms with van der Waals surface area (Å²) in [7, 11) is 0. The van der Waals surface area contributed by atoms with E-state index in [1.54, 1.807) is 11.8 Å². The van der Waals surface area contributed by atoms with Crippen LogP contribution in [0.4, 0.5) is 0 Å². The van der Waals surface area contributed by atoms with Crippen LogP contribution in [0.2, 0.25) is 0 Å². The first-order chi connectivity index (χ1) is 10.2. The van der Waals surface area contributed by atoms with Gasteiger partial charge in [-0.15, -0.1) is 11.8 Å². The van der Waals surface area contributed by atoms with Gasteiger partial charge in [0.25, 0.3) is 0 Å². The highest BCUT2D eigenvalue weighted by Gasteiger charge is 2.15. The second kappa shape index (κ2) is 6.73. The molecule has 1 unspecified atom stereocenters. The lowest BCUT2D eigenvalue weighted by atomic mass is 10.1. The van der Waals surface area contributed by atoms with Gasteiger partial charge in [0.05, 0.1) is 0 Å². The Morgan fingerprint density at radius 3 is 2.67 bits per heavy atom. The minimum absolute atomic E-state index is 0.0436. The van der Waals surface area contributed by atoms with Crippen LogP contribution in [0, 0.1) is 0 Å². The van der Waals surface area contributed by atoms with E-state index in [0.717, 1.165) is 27.3 Å². The third-order valence-corrected chi connectivity index (χ3v) is 5.40. The Balaban J connectivity index is 1.68. The van der Waals surface area contributed by atoms with Crippen LogP contribution in [0.15, 0.2) is 51.8 Å². The van der Waals surface area contributed by atoms with Crippen molar-refractivity contribution in [2.75, 3.05) is 19.0 Å². The zero-order chi connectivity index (χ0) is 14.7. The first-order valence-corrected chi connectivity index (χ1v) is 8.54. The Hall–Kier alpha value is -1.17. The smallest absolute Gasteiger partial charge is 0.161 e. The highest BCUT2D eigenvalue weighted by Crippen LogP contribution is 2.34. The largest absolute Gasteiger partial charge is 0.486 e. The van der Waals surface area contributed by atoms with E-state index in [9.17, 15) is 0 Å². The maximum Gasteiger partial charge on any atom is 0.161 e. The maximum atomic E-state index is 6.29. The molecule has 0 aromatic heterocycles. The van der Waals surface area contributed by atoms with Gasteiger partial charge < -0.3 is 15.2 Å². The molecule has 2 aromatic rings. The van der Waals surface area contributed by atoms with E-state index in [2.05, 4.69) is 22.0 Å². The molecule has 1 aliphatic rings. The molecule has 1 aliphatic heterocycles. The number of hydrogen-bond acceptors (Lipinski definition) is 4. The molecular formula is C16H16BrNO2S. The second-order valence-electron chi connectivity index (χ2n) is 4.75. The van der Waals surface area contributed by atoms with Gasteiger partial charge in [-0.25, -0.2) is 0 Å². The van der Waals surface area contributed by atoms with Gasteiger partial charge >= 0.3 is 0 Å². The summed E-state index contributed by atoms with van der Waals surface area (Å²) in [6.07, 6.45) is 0.